The molecule has 0 bridgehead atoms. The lowest BCUT2D eigenvalue weighted by Crippen LogP contribution is -2.04. The van der Waals surface area contributed by atoms with Gasteiger partial charge in [0.2, 0.25) is 0 Å². The summed E-state index contributed by atoms with van der Waals surface area (Å²) in [5.41, 5.74) is 4.34. The van der Waals surface area contributed by atoms with Gasteiger partial charge in [-0.3, -0.25) is 9.97 Å². The Morgan fingerprint density at radius 3 is 2.72 bits per heavy atom. The number of anilines is 1. The minimum atomic E-state index is 0.561. The lowest BCUT2D eigenvalue weighted by Gasteiger charge is -2.08. The molecule has 0 aliphatic heterocycles. The summed E-state index contributed by atoms with van der Waals surface area (Å²) in [7, 11) is 0. The second kappa shape index (κ2) is 5.28. The number of hydrogen-bond donors (Lipinski definition) is 1. The van der Waals surface area contributed by atoms with Crippen LogP contribution < -0.4 is 5.32 Å². The molecule has 90 valence electrons. The quantitative estimate of drug-likeness (QED) is 0.892. The molecule has 2 rings (SSSR count). The first-order chi connectivity index (χ1) is 8.69. The minimum absolute atomic E-state index is 0.561. The first-order valence-corrected chi connectivity index (χ1v) is 5.71. The van der Waals surface area contributed by atoms with E-state index in [9.17, 15) is 0 Å². The number of benzene rings is 1. The molecule has 0 spiro atoms. The third-order valence-corrected chi connectivity index (χ3v) is 2.59. The Morgan fingerprint density at radius 1 is 1.22 bits per heavy atom. The number of nitriles is 1. The fourth-order valence-corrected chi connectivity index (χ4v) is 1.60. The van der Waals surface area contributed by atoms with Crippen molar-refractivity contribution in [1.82, 2.24) is 9.97 Å². The average molecular weight is 238 g/mol. The highest BCUT2D eigenvalue weighted by molar-refractivity contribution is 5.58. The Morgan fingerprint density at radius 2 is 2.06 bits per heavy atom. The lowest BCUT2D eigenvalue weighted by atomic mass is 10.1. The number of aryl methyl sites for hydroxylation is 2. The van der Waals surface area contributed by atoms with E-state index in [1.807, 2.05) is 32.0 Å². The first kappa shape index (κ1) is 12.1. The van der Waals surface area contributed by atoms with Crippen molar-refractivity contribution >= 4 is 5.69 Å². The molecule has 4 nitrogen and oxygen atoms in total. The van der Waals surface area contributed by atoms with Crippen LogP contribution in [0, 0.1) is 25.2 Å². The van der Waals surface area contributed by atoms with E-state index in [1.165, 1.54) is 0 Å². The van der Waals surface area contributed by atoms with Crippen molar-refractivity contribution in [3.8, 4) is 6.07 Å². The molecule has 0 atom stereocenters. The third kappa shape index (κ3) is 2.83. The van der Waals surface area contributed by atoms with Gasteiger partial charge in [-0.15, -0.1) is 0 Å². The minimum Gasteiger partial charge on any atom is -0.378 e. The van der Waals surface area contributed by atoms with Crippen LogP contribution in [0.4, 0.5) is 5.69 Å². The van der Waals surface area contributed by atoms with Crippen molar-refractivity contribution in [2.45, 2.75) is 20.4 Å². The van der Waals surface area contributed by atoms with E-state index in [2.05, 4.69) is 21.4 Å². The summed E-state index contributed by atoms with van der Waals surface area (Å²) >= 11 is 0. The zero-order chi connectivity index (χ0) is 13.0. The summed E-state index contributed by atoms with van der Waals surface area (Å²) in [5, 5.41) is 12.2. The molecule has 0 saturated carbocycles. The second-order valence-corrected chi connectivity index (χ2v) is 4.16. The van der Waals surface area contributed by atoms with E-state index in [1.54, 1.807) is 12.4 Å². The number of hydrogen-bond acceptors (Lipinski definition) is 4. The summed E-state index contributed by atoms with van der Waals surface area (Å²) in [6.45, 7) is 4.46. The van der Waals surface area contributed by atoms with Crippen molar-refractivity contribution in [3.05, 3.63) is 53.1 Å². The Kier molecular flexibility index (Phi) is 3.54. The molecule has 2 aromatic rings. The van der Waals surface area contributed by atoms with E-state index in [0.717, 1.165) is 22.6 Å². The molecule has 1 heterocycles. The van der Waals surface area contributed by atoms with E-state index in [-0.39, 0.29) is 0 Å². The SMILES string of the molecule is Cc1ccc(C#N)c(NCc2cnc(C)cn2)c1. The van der Waals surface area contributed by atoms with E-state index in [4.69, 9.17) is 5.26 Å². The summed E-state index contributed by atoms with van der Waals surface area (Å²) in [6.07, 6.45) is 3.47. The van der Waals surface area contributed by atoms with Crippen molar-refractivity contribution in [1.29, 1.82) is 5.26 Å². The number of rotatable bonds is 3. The van der Waals surface area contributed by atoms with Gasteiger partial charge in [-0.05, 0) is 31.5 Å². The van der Waals surface area contributed by atoms with Gasteiger partial charge in [-0.25, -0.2) is 0 Å². The molecule has 0 aliphatic rings. The first-order valence-electron chi connectivity index (χ1n) is 5.71. The van der Waals surface area contributed by atoms with Crippen LogP contribution in [0.15, 0.2) is 30.6 Å². The Hall–Kier alpha value is -2.41. The molecule has 0 amide bonds. The van der Waals surface area contributed by atoms with Gasteiger partial charge < -0.3 is 5.32 Å². The monoisotopic (exact) mass is 238 g/mol. The molecule has 0 aliphatic carbocycles. The normalized spacial score (nSPS) is 9.83. The van der Waals surface area contributed by atoms with E-state index in [0.29, 0.717) is 12.1 Å². The summed E-state index contributed by atoms with van der Waals surface area (Å²) in [4.78, 5) is 8.45. The zero-order valence-corrected chi connectivity index (χ0v) is 10.4. The van der Waals surface area contributed by atoms with Crippen molar-refractivity contribution in [2.24, 2.45) is 0 Å². The highest BCUT2D eigenvalue weighted by Gasteiger charge is 2.02. The zero-order valence-electron chi connectivity index (χ0n) is 10.4. The van der Waals surface area contributed by atoms with Crippen LogP contribution in [0.3, 0.4) is 0 Å². The molecule has 0 unspecified atom stereocenters. The van der Waals surface area contributed by atoms with Crippen molar-refractivity contribution < 1.29 is 0 Å². The van der Waals surface area contributed by atoms with E-state index < -0.39 is 0 Å². The largest absolute Gasteiger partial charge is 0.378 e. The highest BCUT2D eigenvalue weighted by Crippen LogP contribution is 2.17. The van der Waals surface area contributed by atoms with Gasteiger partial charge in [0.05, 0.1) is 35.4 Å². The van der Waals surface area contributed by atoms with Gasteiger partial charge in [0.1, 0.15) is 6.07 Å². The fourth-order valence-electron chi connectivity index (χ4n) is 1.60. The van der Waals surface area contributed by atoms with Crippen LogP contribution >= 0.6 is 0 Å². The summed E-state index contributed by atoms with van der Waals surface area (Å²) in [5.74, 6) is 0. The molecular weight excluding hydrogens is 224 g/mol. The average Bonchev–Trinajstić information content (AvgIpc) is 2.38. The van der Waals surface area contributed by atoms with Gasteiger partial charge in [0.15, 0.2) is 0 Å². The second-order valence-electron chi connectivity index (χ2n) is 4.16. The molecular formula is C14H14N4. The predicted molar refractivity (Wildman–Crippen MR) is 70.0 cm³/mol. The Labute approximate surface area is 106 Å². The maximum Gasteiger partial charge on any atom is 0.101 e. The van der Waals surface area contributed by atoms with Gasteiger partial charge in [0.25, 0.3) is 0 Å². The van der Waals surface area contributed by atoms with Crippen molar-refractivity contribution in [2.75, 3.05) is 5.32 Å². The molecule has 0 fully saturated rings. The molecule has 18 heavy (non-hydrogen) atoms. The van der Waals surface area contributed by atoms with Crippen LogP contribution in [0.5, 0.6) is 0 Å². The molecule has 0 saturated heterocycles. The molecule has 1 aromatic heterocycles. The Balaban J connectivity index is 2.13. The van der Waals surface area contributed by atoms with Crippen LogP contribution in [0.1, 0.15) is 22.5 Å². The van der Waals surface area contributed by atoms with Gasteiger partial charge in [-0.1, -0.05) is 6.07 Å². The van der Waals surface area contributed by atoms with Crippen LogP contribution in [0.25, 0.3) is 0 Å². The maximum atomic E-state index is 9.02. The number of nitrogens with one attached hydrogen (secondary N) is 1. The Bertz CT molecular complexity index is 582. The van der Waals surface area contributed by atoms with Crippen LogP contribution in [0.2, 0.25) is 0 Å². The lowest BCUT2D eigenvalue weighted by molar-refractivity contribution is 0.983. The number of nitrogens with zero attached hydrogens (tertiary/aromatic N) is 3. The standard InChI is InChI=1S/C14H14N4/c1-10-3-4-12(6-15)14(5-10)18-9-13-8-16-11(2)7-17-13/h3-5,7-8,18H,9H2,1-2H3. The fraction of sp³-hybridized carbons (Fsp3) is 0.214. The smallest absolute Gasteiger partial charge is 0.101 e. The van der Waals surface area contributed by atoms with E-state index >= 15 is 0 Å². The molecule has 1 N–H and O–H groups in total. The van der Waals surface area contributed by atoms with Gasteiger partial charge in [0, 0.05) is 6.20 Å². The van der Waals surface area contributed by atoms with Crippen molar-refractivity contribution in [3.63, 3.8) is 0 Å². The van der Waals surface area contributed by atoms with Crippen LogP contribution in [-0.4, -0.2) is 9.97 Å². The van der Waals surface area contributed by atoms with Crippen LogP contribution in [-0.2, 0) is 6.54 Å². The maximum absolute atomic E-state index is 9.02. The molecule has 1 aromatic carbocycles. The summed E-state index contributed by atoms with van der Waals surface area (Å²) < 4.78 is 0. The summed E-state index contributed by atoms with van der Waals surface area (Å²) in [6, 6.07) is 7.87. The molecule has 0 radical (unpaired) electrons. The highest BCUT2D eigenvalue weighted by atomic mass is 14.9. The predicted octanol–water partition coefficient (Wildman–Crippen LogP) is 2.58. The third-order valence-electron chi connectivity index (χ3n) is 2.59. The molecule has 4 heteroatoms. The van der Waals surface area contributed by atoms with Gasteiger partial charge in [-0.2, -0.15) is 5.26 Å². The topological polar surface area (TPSA) is 61.6 Å². The van der Waals surface area contributed by atoms with Gasteiger partial charge >= 0.3 is 0 Å². The number of aromatic nitrogens is 2.